The van der Waals surface area contributed by atoms with Gasteiger partial charge in [0.25, 0.3) is 0 Å². The van der Waals surface area contributed by atoms with E-state index < -0.39 is 6.04 Å². The van der Waals surface area contributed by atoms with Gasteiger partial charge in [0.2, 0.25) is 5.91 Å². The number of likely N-dealkylation sites (N-methyl/N-ethyl adjacent to an activating group) is 1. The third kappa shape index (κ3) is 5.17. The minimum atomic E-state index is -0.611. The van der Waals surface area contributed by atoms with Gasteiger partial charge in [0.1, 0.15) is 6.04 Å². The topological polar surface area (TPSA) is 73.9 Å². The van der Waals surface area contributed by atoms with E-state index in [0.29, 0.717) is 25.1 Å². The highest BCUT2D eigenvalue weighted by molar-refractivity contribution is 6.13. The zero-order chi connectivity index (χ0) is 23.8. The Morgan fingerprint density at radius 1 is 1.24 bits per heavy atom. The number of rotatable bonds is 4. The first-order valence-corrected chi connectivity index (χ1v) is 11.5. The lowest BCUT2D eigenvalue weighted by Crippen LogP contribution is -2.47. The first kappa shape index (κ1) is 23.6. The molecule has 0 aromatic heterocycles. The number of fused-ring (bicyclic) bond motifs is 1. The van der Waals surface area contributed by atoms with Gasteiger partial charge in [-0.1, -0.05) is 37.9 Å². The number of allylic oxidation sites excluding steroid dienone is 3. The number of hydrogen-bond acceptors (Lipinski definition) is 4. The second-order valence-corrected chi connectivity index (χ2v) is 10.0. The van der Waals surface area contributed by atoms with Crippen molar-refractivity contribution in [1.82, 2.24) is 15.1 Å². The summed E-state index contributed by atoms with van der Waals surface area (Å²) < 4.78 is 5.49. The molecule has 1 aromatic rings. The molecule has 3 aliphatic rings. The van der Waals surface area contributed by atoms with Crippen molar-refractivity contribution in [2.24, 2.45) is 0 Å². The summed E-state index contributed by atoms with van der Waals surface area (Å²) >= 11 is 0. The Hall–Kier alpha value is -2.58. The van der Waals surface area contributed by atoms with Gasteiger partial charge in [-0.3, -0.25) is 4.79 Å². The van der Waals surface area contributed by atoms with Crippen LogP contribution in [-0.4, -0.2) is 69.0 Å². The number of amides is 3. The fourth-order valence-corrected chi connectivity index (χ4v) is 5.12. The lowest BCUT2D eigenvalue weighted by molar-refractivity contribution is -0.119. The van der Waals surface area contributed by atoms with Crippen LogP contribution in [0.1, 0.15) is 37.8 Å². The molecular formula is C25H33BN4O3. The third-order valence-corrected chi connectivity index (χ3v) is 6.76. The van der Waals surface area contributed by atoms with E-state index in [2.05, 4.69) is 48.6 Å². The molecule has 1 aliphatic carbocycles. The highest BCUT2D eigenvalue weighted by Crippen LogP contribution is 2.34. The summed E-state index contributed by atoms with van der Waals surface area (Å²) in [5, 5.41) is 5.94. The summed E-state index contributed by atoms with van der Waals surface area (Å²) in [6, 6.07) is 5.19. The molecule has 2 radical (unpaired) electrons. The van der Waals surface area contributed by atoms with Gasteiger partial charge in [-0.05, 0) is 42.8 Å². The number of benzene rings is 1. The van der Waals surface area contributed by atoms with Gasteiger partial charge in [-0.25, -0.2) is 4.79 Å². The third-order valence-electron chi connectivity index (χ3n) is 6.76. The minimum Gasteiger partial charge on any atom is -0.380 e. The van der Waals surface area contributed by atoms with Gasteiger partial charge in [-0.2, -0.15) is 0 Å². The molecule has 0 bridgehead atoms. The fraction of sp³-hybridized carbons (Fsp3) is 0.520. The zero-order valence-electron chi connectivity index (χ0n) is 19.9. The molecule has 33 heavy (non-hydrogen) atoms. The van der Waals surface area contributed by atoms with Crippen molar-refractivity contribution >= 4 is 25.5 Å². The van der Waals surface area contributed by atoms with Crippen molar-refractivity contribution in [3.8, 4) is 0 Å². The van der Waals surface area contributed by atoms with Gasteiger partial charge in [0.05, 0.1) is 14.0 Å². The highest BCUT2D eigenvalue weighted by atomic mass is 16.5. The molecule has 3 atom stereocenters. The predicted molar refractivity (Wildman–Crippen MR) is 130 cm³/mol. The second-order valence-electron chi connectivity index (χ2n) is 10.0. The van der Waals surface area contributed by atoms with E-state index in [0.717, 1.165) is 18.8 Å². The number of urea groups is 1. The van der Waals surface area contributed by atoms with Crippen molar-refractivity contribution in [1.29, 1.82) is 0 Å². The molecule has 2 unspecified atom stereocenters. The summed E-state index contributed by atoms with van der Waals surface area (Å²) in [4.78, 5) is 30.1. The summed E-state index contributed by atoms with van der Waals surface area (Å²) in [5.41, 5.74) is 3.98. The first-order chi connectivity index (χ1) is 15.7. The average molecular weight is 448 g/mol. The normalized spacial score (nSPS) is 26.5. The van der Waals surface area contributed by atoms with Crippen LogP contribution < -0.4 is 10.6 Å². The highest BCUT2D eigenvalue weighted by Gasteiger charge is 2.40. The van der Waals surface area contributed by atoms with E-state index in [9.17, 15) is 9.59 Å². The van der Waals surface area contributed by atoms with Gasteiger partial charge >= 0.3 is 6.03 Å². The molecule has 0 spiro atoms. The molecule has 3 amide bonds. The Labute approximate surface area is 197 Å². The maximum atomic E-state index is 13.3. The van der Waals surface area contributed by atoms with Crippen molar-refractivity contribution in [2.75, 3.05) is 32.6 Å². The molecule has 2 N–H and O–H groups in total. The van der Waals surface area contributed by atoms with Gasteiger partial charge in [0.15, 0.2) is 0 Å². The molecule has 1 fully saturated rings. The number of nitrogens with zero attached hydrogens (tertiary/aromatic N) is 2. The maximum absolute atomic E-state index is 13.3. The van der Waals surface area contributed by atoms with Crippen LogP contribution in [0.5, 0.6) is 0 Å². The average Bonchev–Trinajstić information content (AvgIpc) is 3.20. The van der Waals surface area contributed by atoms with Crippen LogP contribution in [0.15, 0.2) is 42.1 Å². The van der Waals surface area contributed by atoms with E-state index in [-0.39, 0.29) is 29.3 Å². The van der Waals surface area contributed by atoms with Crippen molar-refractivity contribution in [3.63, 3.8) is 0 Å². The molecule has 1 saturated heterocycles. The number of carbonyl (C=O) groups is 2. The SMILES string of the molecule is [B]C1C=CC(NC(=O)N2CC(OC)C[C@@H]2C(=O)Nc2ccc3c(c2)C(C)(C)CN(C)C3)=CC1. The summed E-state index contributed by atoms with van der Waals surface area (Å²) in [7, 11) is 9.59. The number of likely N-dealkylation sites (tertiary alicyclic amines) is 1. The van der Waals surface area contributed by atoms with Crippen molar-refractivity contribution in [3.05, 3.63) is 53.3 Å². The van der Waals surface area contributed by atoms with Crippen molar-refractivity contribution < 1.29 is 14.3 Å². The molecule has 174 valence electrons. The summed E-state index contributed by atoms with van der Waals surface area (Å²) in [5.74, 6) is -0.235. The zero-order valence-corrected chi connectivity index (χ0v) is 19.9. The quantitative estimate of drug-likeness (QED) is 0.695. The Kier molecular flexibility index (Phi) is 6.68. The fourth-order valence-electron chi connectivity index (χ4n) is 5.12. The summed E-state index contributed by atoms with van der Waals surface area (Å²) in [6.07, 6.45) is 6.49. The van der Waals surface area contributed by atoms with Crippen LogP contribution in [0.25, 0.3) is 0 Å². The number of ether oxygens (including phenoxy) is 1. The number of carbonyl (C=O) groups excluding carboxylic acids is 2. The lowest BCUT2D eigenvalue weighted by atomic mass is 9.78. The van der Waals surface area contributed by atoms with Gasteiger partial charge in [-0.15, -0.1) is 0 Å². The van der Waals surface area contributed by atoms with Crippen LogP contribution in [0.2, 0.25) is 5.82 Å². The van der Waals surface area contributed by atoms with Crippen LogP contribution >= 0.6 is 0 Å². The monoisotopic (exact) mass is 448 g/mol. The largest absolute Gasteiger partial charge is 0.380 e. The molecule has 2 aliphatic heterocycles. The Morgan fingerprint density at radius 3 is 2.73 bits per heavy atom. The predicted octanol–water partition coefficient (Wildman–Crippen LogP) is 2.95. The van der Waals surface area contributed by atoms with Crippen LogP contribution in [0, 0.1) is 0 Å². The molecule has 7 nitrogen and oxygen atoms in total. The van der Waals surface area contributed by atoms with E-state index in [1.807, 2.05) is 18.2 Å². The minimum absolute atomic E-state index is 0.00668. The van der Waals surface area contributed by atoms with Gasteiger partial charge in [0, 0.05) is 50.0 Å². The first-order valence-electron chi connectivity index (χ1n) is 11.5. The maximum Gasteiger partial charge on any atom is 0.322 e. The number of hydrogen-bond donors (Lipinski definition) is 2. The number of nitrogens with one attached hydrogen (secondary N) is 2. The smallest absolute Gasteiger partial charge is 0.322 e. The van der Waals surface area contributed by atoms with E-state index in [1.54, 1.807) is 18.1 Å². The number of anilines is 1. The Bertz CT molecular complexity index is 990. The molecule has 2 heterocycles. The lowest BCUT2D eigenvalue weighted by Gasteiger charge is -2.38. The molecular weight excluding hydrogens is 415 g/mol. The summed E-state index contributed by atoms with van der Waals surface area (Å²) in [6.45, 7) is 6.66. The standard InChI is InChI=1S/C25H33BN4O3/c1-25(2)15-29(3)13-16-5-8-19(11-21(16)25)27-23(31)22-12-20(33-4)14-30(22)24(32)28-18-9-6-17(26)7-10-18/h5-6,8-11,17,20,22H,7,12-15H2,1-4H3,(H,27,31)(H,28,32)/t17?,20?,22-/m1/s1. The molecule has 1 aromatic carbocycles. The molecule has 4 rings (SSSR count). The van der Waals surface area contributed by atoms with Crippen LogP contribution in [0.4, 0.5) is 10.5 Å². The Balaban J connectivity index is 1.48. The van der Waals surface area contributed by atoms with Gasteiger partial charge < -0.3 is 25.2 Å². The van der Waals surface area contributed by atoms with Crippen molar-refractivity contribution in [2.45, 2.75) is 56.6 Å². The Morgan fingerprint density at radius 2 is 2.03 bits per heavy atom. The second kappa shape index (κ2) is 9.35. The van der Waals surface area contributed by atoms with E-state index in [4.69, 9.17) is 12.6 Å². The van der Waals surface area contributed by atoms with E-state index in [1.165, 1.54) is 11.1 Å². The molecule has 0 saturated carbocycles. The molecule has 8 heteroatoms. The van der Waals surface area contributed by atoms with Crippen LogP contribution in [-0.2, 0) is 21.5 Å². The van der Waals surface area contributed by atoms with Crippen LogP contribution in [0.3, 0.4) is 0 Å². The van der Waals surface area contributed by atoms with E-state index >= 15 is 0 Å². The number of methoxy groups -OCH3 is 1.